The number of aromatic amines is 1. The average Bonchev–Trinajstić information content (AvgIpc) is 3.47. The molecule has 1 unspecified atom stereocenters. The number of benzene rings is 2. The minimum atomic E-state index is -1.10. The number of nitrogens with zero attached hydrogens (tertiary/aromatic N) is 4. The van der Waals surface area contributed by atoms with Crippen LogP contribution < -0.4 is 0 Å². The van der Waals surface area contributed by atoms with Gasteiger partial charge in [-0.25, -0.2) is 4.98 Å². The smallest absolute Gasteiger partial charge is 0.390 e. The molecule has 12 heteroatoms. The van der Waals surface area contributed by atoms with Gasteiger partial charge in [0.15, 0.2) is 5.69 Å². The third-order valence-electron chi connectivity index (χ3n) is 5.50. The molecule has 5 rings (SSSR count). The van der Waals surface area contributed by atoms with Gasteiger partial charge in [0.05, 0.1) is 28.8 Å². The molecule has 0 radical (unpaired) electrons. The van der Waals surface area contributed by atoms with E-state index in [0.717, 1.165) is 4.90 Å². The number of imide groups is 2. The summed E-state index contributed by atoms with van der Waals surface area (Å²) in [6.07, 6.45) is 0.0389. The van der Waals surface area contributed by atoms with Gasteiger partial charge in [0.2, 0.25) is 0 Å². The van der Waals surface area contributed by atoms with E-state index in [-0.39, 0.29) is 40.9 Å². The van der Waals surface area contributed by atoms with Crippen LogP contribution in [-0.2, 0) is 11.3 Å². The van der Waals surface area contributed by atoms with Crippen molar-refractivity contribution in [2.75, 3.05) is 6.54 Å². The second-order valence-corrected chi connectivity index (χ2v) is 7.62. The van der Waals surface area contributed by atoms with Crippen molar-refractivity contribution in [1.29, 1.82) is 0 Å². The highest BCUT2D eigenvalue weighted by Crippen LogP contribution is 2.27. The maximum Gasteiger partial charge on any atom is 0.432 e. The Kier molecular flexibility index (Phi) is 4.98. The van der Waals surface area contributed by atoms with E-state index in [2.05, 4.69) is 9.97 Å². The lowest BCUT2D eigenvalue weighted by atomic mass is 10.1. The molecule has 2 aliphatic rings. The van der Waals surface area contributed by atoms with Crippen LogP contribution in [0.1, 0.15) is 47.1 Å². The number of imidazole rings is 1. The van der Waals surface area contributed by atoms with Crippen LogP contribution in [-0.4, -0.2) is 61.1 Å². The Morgan fingerprint density at radius 1 is 0.882 bits per heavy atom. The first kappa shape index (κ1) is 21.2. The summed E-state index contributed by atoms with van der Waals surface area (Å²) in [5.74, 6) is -2.99. The molecule has 0 saturated heterocycles. The standard InChI is InChI=1S/C22H15N5O7/c28-18-14-5-1-2-6-15(14)19(29)25(18)11-13(9-12-10-23-22(24-12)27(32)33)34-26-20(30)16-7-3-4-8-17(16)21(26)31/h1-8,10,13H,9,11H2,(H,23,24). The number of hydroxylamine groups is 2. The molecule has 3 heterocycles. The van der Waals surface area contributed by atoms with Crippen LogP contribution in [0, 0.1) is 10.1 Å². The quantitative estimate of drug-likeness (QED) is 0.317. The Morgan fingerprint density at radius 2 is 1.38 bits per heavy atom. The summed E-state index contributed by atoms with van der Waals surface area (Å²) in [7, 11) is 0. The van der Waals surface area contributed by atoms with Crippen LogP contribution in [0.5, 0.6) is 0 Å². The van der Waals surface area contributed by atoms with Crippen LogP contribution in [0.25, 0.3) is 0 Å². The first-order chi connectivity index (χ1) is 16.3. The number of nitro groups is 1. The van der Waals surface area contributed by atoms with E-state index >= 15 is 0 Å². The number of aromatic nitrogens is 2. The molecular weight excluding hydrogens is 446 g/mol. The summed E-state index contributed by atoms with van der Waals surface area (Å²) in [4.78, 5) is 74.3. The van der Waals surface area contributed by atoms with Gasteiger partial charge >= 0.3 is 5.95 Å². The molecule has 2 aromatic carbocycles. The van der Waals surface area contributed by atoms with Crippen molar-refractivity contribution in [2.24, 2.45) is 0 Å². The molecule has 1 atom stereocenters. The van der Waals surface area contributed by atoms with E-state index in [1.165, 1.54) is 30.5 Å². The Morgan fingerprint density at radius 3 is 1.85 bits per heavy atom. The van der Waals surface area contributed by atoms with Crippen molar-refractivity contribution in [3.05, 3.63) is 92.8 Å². The second-order valence-electron chi connectivity index (χ2n) is 7.62. The molecule has 34 heavy (non-hydrogen) atoms. The molecule has 12 nitrogen and oxygen atoms in total. The van der Waals surface area contributed by atoms with Gasteiger partial charge in [-0.2, -0.15) is 0 Å². The first-order valence-corrected chi connectivity index (χ1v) is 10.1. The number of hydrogen-bond donors (Lipinski definition) is 1. The van der Waals surface area contributed by atoms with Crippen LogP contribution in [0.2, 0.25) is 0 Å². The van der Waals surface area contributed by atoms with Gasteiger partial charge in [0.25, 0.3) is 23.6 Å². The third-order valence-corrected chi connectivity index (χ3v) is 5.50. The Labute approximate surface area is 190 Å². The monoisotopic (exact) mass is 461 g/mol. The maximum atomic E-state index is 12.8. The van der Waals surface area contributed by atoms with Gasteiger partial charge in [0, 0.05) is 6.42 Å². The molecule has 170 valence electrons. The Hall–Kier alpha value is -4.71. The number of carbonyl (C=O) groups excluding carboxylic acids is 4. The SMILES string of the molecule is O=C1c2ccccc2C(=O)N1CC(Cc1c[nH]c([N+](=O)[O-])n1)ON1C(=O)c2ccccc2C1=O. The van der Waals surface area contributed by atoms with Crippen molar-refractivity contribution >= 4 is 29.6 Å². The highest BCUT2D eigenvalue weighted by atomic mass is 16.7. The third kappa shape index (κ3) is 3.42. The molecule has 0 spiro atoms. The molecule has 1 N–H and O–H groups in total. The van der Waals surface area contributed by atoms with Crippen molar-refractivity contribution in [3.63, 3.8) is 0 Å². The van der Waals surface area contributed by atoms with E-state index in [4.69, 9.17) is 4.84 Å². The van der Waals surface area contributed by atoms with E-state index < -0.39 is 40.6 Å². The first-order valence-electron chi connectivity index (χ1n) is 10.1. The van der Waals surface area contributed by atoms with Gasteiger partial charge in [-0.05, 0) is 29.2 Å². The van der Waals surface area contributed by atoms with E-state index in [1.807, 2.05) is 0 Å². The Bertz CT molecular complexity index is 1230. The van der Waals surface area contributed by atoms with Gasteiger partial charge in [-0.15, -0.1) is 5.06 Å². The number of rotatable bonds is 7. The highest BCUT2D eigenvalue weighted by Gasteiger charge is 2.41. The predicted octanol–water partition coefficient (Wildman–Crippen LogP) is 1.75. The molecule has 0 aliphatic carbocycles. The van der Waals surface area contributed by atoms with Crippen LogP contribution in [0.15, 0.2) is 54.7 Å². The van der Waals surface area contributed by atoms with Gasteiger partial charge in [0.1, 0.15) is 12.3 Å². The zero-order valence-corrected chi connectivity index (χ0v) is 17.3. The van der Waals surface area contributed by atoms with Gasteiger partial charge in [-0.1, -0.05) is 29.2 Å². The minimum Gasteiger partial charge on any atom is -0.390 e. The zero-order valence-electron chi connectivity index (χ0n) is 17.3. The van der Waals surface area contributed by atoms with E-state index in [1.54, 1.807) is 24.3 Å². The van der Waals surface area contributed by atoms with Gasteiger partial charge < -0.3 is 10.1 Å². The van der Waals surface area contributed by atoms with Crippen molar-refractivity contribution in [3.8, 4) is 0 Å². The second kappa shape index (κ2) is 8.01. The van der Waals surface area contributed by atoms with E-state index in [9.17, 15) is 29.3 Å². The summed E-state index contributed by atoms with van der Waals surface area (Å²) >= 11 is 0. The summed E-state index contributed by atoms with van der Waals surface area (Å²) in [6.45, 7) is -0.319. The largest absolute Gasteiger partial charge is 0.432 e. The number of H-pyrrole nitrogens is 1. The molecule has 0 bridgehead atoms. The van der Waals surface area contributed by atoms with Crippen LogP contribution >= 0.6 is 0 Å². The number of fused-ring (bicyclic) bond motifs is 2. The topological polar surface area (TPSA) is 156 Å². The van der Waals surface area contributed by atoms with Crippen LogP contribution in [0.4, 0.5) is 5.95 Å². The zero-order chi connectivity index (χ0) is 24.0. The summed E-state index contributed by atoms with van der Waals surface area (Å²) in [6, 6.07) is 12.5. The van der Waals surface area contributed by atoms with Crippen molar-refractivity contribution < 1.29 is 28.9 Å². The lowest BCUT2D eigenvalue weighted by Crippen LogP contribution is -2.43. The van der Waals surface area contributed by atoms with Crippen molar-refractivity contribution in [2.45, 2.75) is 12.5 Å². The molecule has 0 fully saturated rings. The fourth-order valence-corrected chi connectivity index (χ4v) is 3.94. The highest BCUT2D eigenvalue weighted by molar-refractivity contribution is 6.21. The maximum absolute atomic E-state index is 12.8. The summed E-state index contributed by atoms with van der Waals surface area (Å²) < 4.78 is 0. The fourth-order valence-electron chi connectivity index (χ4n) is 3.94. The van der Waals surface area contributed by atoms with Crippen molar-refractivity contribution in [1.82, 2.24) is 19.9 Å². The molecular formula is C22H15N5O7. The lowest BCUT2D eigenvalue weighted by Gasteiger charge is -2.25. The summed E-state index contributed by atoms with van der Waals surface area (Å²) in [5, 5.41) is 11.5. The normalized spacial score (nSPS) is 15.6. The minimum absolute atomic E-state index is 0.134. The average molecular weight is 461 g/mol. The fraction of sp³-hybridized carbons (Fsp3) is 0.136. The van der Waals surface area contributed by atoms with E-state index in [0.29, 0.717) is 5.06 Å². The Balaban J connectivity index is 1.43. The number of carbonyl (C=O) groups is 4. The molecule has 4 amide bonds. The van der Waals surface area contributed by atoms with Gasteiger partial charge in [-0.3, -0.25) is 28.9 Å². The molecule has 2 aliphatic heterocycles. The summed E-state index contributed by atoms with van der Waals surface area (Å²) in [5.41, 5.74) is 0.944. The van der Waals surface area contributed by atoms with Crippen LogP contribution in [0.3, 0.4) is 0 Å². The number of nitrogens with one attached hydrogen (secondary N) is 1. The predicted molar refractivity (Wildman–Crippen MR) is 113 cm³/mol. The molecule has 3 aromatic rings. The lowest BCUT2D eigenvalue weighted by molar-refractivity contribution is -0.393. The number of amides is 4. The molecule has 1 aromatic heterocycles. The molecule has 0 saturated carbocycles. The number of hydrogen-bond acceptors (Lipinski definition) is 8.